The molecule has 2 rings (SSSR count). The Morgan fingerprint density at radius 2 is 2.00 bits per heavy atom. The summed E-state index contributed by atoms with van der Waals surface area (Å²) in [5.41, 5.74) is 3.55. The zero-order valence-corrected chi connectivity index (χ0v) is 16.6. The van der Waals surface area contributed by atoms with Crippen LogP contribution in [0.2, 0.25) is 5.02 Å². The van der Waals surface area contributed by atoms with Crippen LogP contribution >= 0.6 is 50.1 Å². The highest BCUT2D eigenvalue weighted by atomic mass is 127. The largest absolute Gasteiger partial charge is 0.306 e. The van der Waals surface area contributed by atoms with Crippen LogP contribution in [0.25, 0.3) is 0 Å². The molecule has 21 heavy (non-hydrogen) atoms. The summed E-state index contributed by atoms with van der Waals surface area (Å²) in [6, 6.07) is 12.9. The molecule has 112 valence electrons. The smallest absolute Gasteiger partial charge is 0.0588 e. The van der Waals surface area contributed by atoms with Crippen LogP contribution < -0.4 is 5.32 Å². The quantitative estimate of drug-likeness (QED) is 0.512. The fourth-order valence-corrected chi connectivity index (χ4v) is 3.40. The van der Waals surface area contributed by atoms with E-state index < -0.39 is 0 Å². The maximum atomic E-state index is 6.31. The molecule has 1 N–H and O–H groups in total. The standard InChI is InChI=1S/C17H18BrClIN/c1-3-8-21-17(12-5-4-11(2)16(19)9-12)14-10-13(20)6-7-15(14)18/h4-7,9-10,17,21H,3,8H2,1-2H3. The summed E-state index contributed by atoms with van der Waals surface area (Å²) >= 11 is 12.3. The number of benzene rings is 2. The van der Waals surface area contributed by atoms with E-state index in [0.717, 1.165) is 28.0 Å². The van der Waals surface area contributed by atoms with Gasteiger partial charge in [-0.2, -0.15) is 0 Å². The highest BCUT2D eigenvalue weighted by Crippen LogP contribution is 2.32. The Kier molecular flexibility index (Phi) is 6.53. The van der Waals surface area contributed by atoms with E-state index in [0.29, 0.717) is 0 Å². The fourth-order valence-electron chi connectivity index (χ4n) is 2.22. The van der Waals surface area contributed by atoms with Crippen molar-refractivity contribution in [1.29, 1.82) is 0 Å². The molecule has 0 amide bonds. The summed E-state index contributed by atoms with van der Waals surface area (Å²) in [5, 5.41) is 4.44. The molecule has 0 aliphatic rings. The van der Waals surface area contributed by atoms with Gasteiger partial charge < -0.3 is 5.32 Å². The number of aryl methyl sites for hydroxylation is 1. The lowest BCUT2D eigenvalue weighted by molar-refractivity contribution is 0.596. The Labute approximate surface area is 153 Å². The molecule has 0 bridgehead atoms. The van der Waals surface area contributed by atoms with Gasteiger partial charge in [-0.05, 0) is 83.4 Å². The van der Waals surface area contributed by atoms with Crippen LogP contribution in [0.3, 0.4) is 0 Å². The van der Waals surface area contributed by atoms with Crippen LogP contribution in [0.1, 0.15) is 36.1 Å². The Bertz CT molecular complexity index is 630. The molecule has 0 aromatic heterocycles. The van der Waals surface area contributed by atoms with Crippen molar-refractivity contribution < 1.29 is 0 Å². The van der Waals surface area contributed by atoms with Crippen molar-refractivity contribution in [1.82, 2.24) is 5.32 Å². The van der Waals surface area contributed by atoms with Crippen LogP contribution in [0.15, 0.2) is 40.9 Å². The third kappa shape index (κ3) is 4.44. The second-order valence-electron chi connectivity index (χ2n) is 5.06. The molecule has 0 radical (unpaired) electrons. The second kappa shape index (κ2) is 7.95. The monoisotopic (exact) mass is 477 g/mol. The van der Waals surface area contributed by atoms with Gasteiger partial charge in [-0.25, -0.2) is 0 Å². The van der Waals surface area contributed by atoms with E-state index in [-0.39, 0.29) is 6.04 Å². The number of hydrogen-bond acceptors (Lipinski definition) is 1. The van der Waals surface area contributed by atoms with Gasteiger partial charge in [0.1, 0.15) is 0 Å². The van der Waals surface area contributed by atoms with Gasteiger partial charge in [0.05, 0.1) is 6.04 Å². The predicted octanol–water partition coefficient (Wildman–Crippen LogP) is 6.10. The third-order valence-electron chi connectivity index (χ3n) is 3.40. The van der Waals surface area contributed by atoms with Gasteiger partial charge in [-0.15, -0.1) is 0 Å². The molecule has 0 fully saturated rings. The van der Waals surface area contributed by atoms with E-state index >= 15 is 0 Å². The Balaban J connectivity index is 2.46. The summed E-state index contributed by atoms with van der Waals surface area (Å²) in [6.07, 6.45) is 1.09. The zero-order valence-electron chi connectivity index (χ0n) is 12.1. The van der Waals surface area contributed by atoms with Gasteiger partial charge in [0.2, 0.25) is 0 Å². The second-order valence-corrected chi connectivity index (χ2v) is 7.57. The van der Waals surface area contributed by atoms with Crippen molar-refractivity contribution >= 4 is 50.1 Å². The lowest BCUT2D eigenvalue weighted by Crippen LogP contribution is -2.23. The van der Waals surface area contributed by atoms with Gasteiger partial charge in [0, 0.05) is 13.1 Å². The first-order valence-corrected chi connectivity index (χ1v) is 9.22. The molecular weight excluding hydrogens is 460 g/mol. The predicted molar refractivity (Wildman–Crippen MR) is 103 cm³/mol. The third-order valence-corrected chi connectivity index (χ3v) is 5.20. The number of halogens is 3. The zero-order chi connectivity index (χ0) is 15.4. The molecule has 1 atom stereocenters. The summed E-state index contributed by atoms with van der Waals surface area (Å²) in [5.74, 6) is 0. The molecule has 0 heterocycles. The van der Waals surface area contributed by atoms with Gasteiger partial charge in [-0.3, -0.25) is 0 Å². The van der Waals surface area contributed by atoms with Crippen LogP contribution in [0.5, 0.6) is 0 Å². The SMILES string of the molecule is CCCNC(c1ccc(C)c(Cl)c1)c1cc(I)ccc1Br. The first-order valence-electron chi connectivity index (χ1n) is 6.97. The minimum absolute atomic E-state index is 0.146. The first kappa shape index (κ1) is 17.3. The fraction of sp³-hybridized carbons (Fsp3) is 0.294. The molecule has 1 unspecified atom stereocenters. The van der Waals surface area contributed by atoms with Crippen molar-refractivity contribution in [3.05, 3.63) is 66.2 Å². The Hall–Kier alpha value is -0.100. The summed E-state index contributed by atoms with van der Waals surface area (Å²) in [4.78, 5) is 0. The lowest BCUT2D eigenvalue weighted by Gasteiger charge is -2.22. The maximum Gasteiger partial charge on any atom is 0.0588 e. The van der Waals surface area contributed by atoms with E-state index in [2.05, 4.69) is 87.2 Å². The van der Waals surface area contributed by atoms with Crippen molar-refractivity contribution in [2.45, 2.75) is 26.3 Å². The minimum Gasteiger partial charge on any atom is -0.306 e. The average molecular weight is 479 g/mol. The Morgan fingerprint density at radius 3 is 2.67 bits per heavy atom. The topological polar surface area (TPSA) is 12.0 Å². The minimum atomic E-state index is 0.146. The number of nitrogens with one attached hydrogen (secondary N) is 1. The van der Waals surface area contributed by atoms with Crippen LogP contribution in [-0.4, -0.2) is 6.54 Å². The molecule has 0 spiro atoms. The van der Waals surface area contributed by atoms with Crippen LogP contribution in [0.4, 0.5) is 0 Å². The van der Waals surface area contributed by atoms with Gasteiger partial charge in [-0.1, -0.05) is 46.6 Å². The molecule has 2 aromatic rings. The van der Waals surface area contributed by atoms with E-state index in [1.165, 1.54) is 14.7 Å². The van der Waals surface area contributed by atoms with Gasteiger partial charge in [0.15, 0.2) is 0 Å². The molecule has 0 saturated heterocycles. The molecule has 1 nitrogen and oxygen atoms in total. The normalized spacial score (nSPS) is 12.4. The molecule has 4 heteroatoms. The highest BCUT2D eigenvalue weighted by molar-refractivity contribution is 14.1. The maximum absolute atomic E-state index is 6.31. The average Bonchev–Trinajstić information content (AvgIpc) is 2.46. The van der Waals surface area contributed by atoms with Crippen LogP contribution in [0, 0.1) is 10.5 Å². The van der Waals surface area contributed by atoms with Crippen molar-refractivity contribution in [3.63, 3.8) is 0 Å². The van der Waals surface area contributed by atoms with Gasteiger partial charge in [0.25, 0.3) is 0 Å². The Morgan fingerprint density at radius 1 is 1.24 bits per heavy atom. The molecule has 0 saturated carbocycles. The van der Waals surface area contributed by atoms with E-state index in [4.69, 9.17) is 11.6 Å². The highest BCUT2D eigenvalue weighted by Gasteiger charge is 2.17. The molecule has 0 aliphatic heterocycles. The summed E-state index contributed by atoms with van der Waals surface area (Å²) < 4.78 is 2.35. The lowest BCUT2D eigenvalue weighted by atomic mass is 9.97. The first-order chi connectivity index (χ1) is 10.0. The van der Waals surface area contributed by atoms with Gasteiger partial charge >= 0.3 is 0 Å². The summed E-state index contributed by atoms with van der Waals surface area (Å²) in [6.45, 7) is 5.17. The summed E-state index contributed by atoms with van der Waals surface area (Å²) in [7, 11) is 0. The molecular formula is C17H18BrClIN. The van der Waals surface area contributed by atoms with Crippen molar-refractivity contribution in [2.75, 3.05) is 6.54 Å². The van der Waals surface area contributed by atoms with E-state index in [1.807, 2.05) is 6.92 Å². The van der Waals surface area contributed by atoms with E-state index in [1.54, 1.807) is 0 Å². The molecule has 0 aliphatic carbocycles. The van der Waals surface area contributed by atoms with Crippen LogP contribution in [-0.2, 0) is 0 Å². The number of rotatable bonds is 5. The van der Waals surface area contributed by atoms with Crippen molar-refractivity contribution in [3.8, 4) is 0 Å². The molecule has 2 aromatic carbocycles. The van der Waals surface area contributed by atoms with E-state index in [9.17, 15) is 0 Å². The van der Waals surface area contributed by atoms with Crippen molar-refractivity contribution in [2.24, 2.45) is 0 Å². The number of hydrogen-bond donors (Lipinski definition) is 1.